The fraction of sp³-hybridized carbons (Fsp3) is 0.429. The third-order valence-electron chi connectivity index (χ3n) is 3.40. The standard InChI is InChI=1S/C14H17NO4/c1-9(16)15-7-6-10-8-11(2-3-12(10)15)13(17)4-5-14(18)19/h2-3,8,13,17H,4-7H2,1H3,(H,18,19). The Kier molecular flexibility index (Phi) is 3.85. The van der Waals surface area contributed by atoms with Gasteiger partial charge in [-0.15, -0.1) is 0 Å². The monoisotopic (exact) mass is 263 g/mol. The van der Waals surface area contributed by atoms with Crippen molar-refractivity contribution in [1.82, 2.24) is 0 Å². The summed E-state index contributed by atoms with van der Waals surface area (Å²) in [6.45, 7) is 2.20. The summed E-state index contributed by atoms with van der Waals surface area (Å²) in [7, 11) is 0. The summed E-state index contributed by atoms with van der Waals surface area (Å²) in [5.74, 6) is -0.902. The maximum Gasteiger partial charge on any atom is 0.303 e. The molecular weight excluding hydrogens is 246 g/mol. The molecule has 5 nitrogen and oxygen atoms in total. The van der Waals surface area contributed by atoms with E-state index in [4.69, 9.17) is 5.11 Å². The van der Waals surface area contributed by atoms with Crippen LogP contribution in [0.15, 0.2) is 18.2 Å². The smallest absolute Gasteiger partial charge is 0.303 e. The number of carboxylic acid groups (broad SMARTS) is 1. The summed E-state index contributed by atoms with van der Waals surface area (Å²) in [6, 6.07) is 5.44. The highest BCUT2D eigenvalue weighted by molar-refractivity contribution is 5.93. The molecule has 5 heteroatoms. The molecule has 0 fully saturated rings. The van der Waals surface area contributed by atoms with Gasteiger partial charge in [0.1, 0.15) is 0 Å². The van der Waals surface area contributed by atoms with Crippen LogP contribution < -0.4 is 4.90 Å². The molecule has 0 bridgehead atoms. The Morgan fingerprint density at radius 3 is 2.79 bits per heavy atom. The lowest BCUT2D eigenvalue weighted by molar-refractivity contribution is -0.137. The predicted molar refractivity (Wildman–Crippen MR) is 70.0 cm³/mol. The highest BCUT2D eigenvalue weighted by Crippen LogP contribution is 2.31. The number of amides is 1. The van der Waals surface area contributed by atoms with Gasteiger partial charge in [0.2, 0.25) is 5.91 Å². The summed E-state index contributed by atoms with van der Waals surface area (Å²) in [6.07, 6.45) is 0.143. The largest absolute Gasteiger partial charge is 0.481 e. The van der Waals surface area contributed by atoms with Gasteiger partial charge in [0.15, 0.2) is 0 Å². The van der Waals surface area contributed by atoms with E-state index < -0.39 is 12.1 Å². The minimum Gasteiger partial charge on any atom is -0.481 e. The van der Waals surface area contributed by atoms with E-state index in [-0.39, 0.29) is 18.7 Å². The average molecular weight is 263 g/mol. The Morgan fingerprint density at radius 1 is 1.42 bits per heavy atom. The van der Waals surface area contributed by atoms with Crippen LogP contribution in [0.5, 0.6) is 0 Å². The van der Waals surface area contributed by atoms with Gasteiger partial charge in [0, 0.05) is 25.6 Å². The molecule has 1 unspecified atom stereocenters. The van der Waals surface area contributed by atoms with Crippen molar-refractivity contribution in [2.45, 2.75) is 32.3 Å². The lowest BCUT2D eigenvalue weighted by Crippen LogP contribution is -2.25. The van der Waals surface area contributed by atoms with E-state index >= 15 is 0 Å². The fourth-order valence-corrected chi connectivity index (χ4v) is 2.38. The normalized spacial score (nSPS) is 15.2. The molecule has 1 atom stereocenters. The van der Waals surface area contributed by atoms with Crippen LogP contribution in [0.3, 0.4) is 0 Å². The number of benzene rings is 1. The maximum atomic E-state index is 11.4. The first-order chi connectivity index (χ1) is 8.99. The van der Waals surface area contributed by atoms with E-state index in [2.05, 4.69) is 0 Å². The number of aliphatic hydroxyl groups excluding tert-OH is 1. The molecule has 102 valence electrons. The van der Waals surface area contributed by atoms with Gasteiger partial charge in [0.25, 0.3) is 0 Å². The number of aliphatic carboxylic acids is 1. The van der Waals surface area contributed by atoms with Crippen LogP contribution in [-0.2, 0) is 16.0 Å². The van der Waals surface area contributed by atoms with Crippen LogP contribution in [0, 0.1) is 0 Å². The molecular formula is C14H17NO4. The number of anilines is 1. The highest BCUT2D eigenvalue weighted by atomic mass is 16.4. The van der Waals surface area contributed by atoms with E-state index in [9.17, 15) is 14.7 Å². The molecule has 0 aromatic heterocycles. The minimum absolute atomic E-state index is 0.0120. The Bertz CT molecular complexity index is 512. The van der Waals surface area contributed by atoms with Crippen molar-refractivity contribution in [3.63, 3.8) is 0 Å². The van der Waals surface area contributed by atoms with Gasteiger partial charge in [-0.25, -0.2) is 0 Å². The van der Waals surface area contributed by atoms with Gasteiger partial charge >= 0.3 is 5.97 Å². The van der Waals surface area contributed by atoms with Gasteiger partial charge in [-0.1, -0.05) is 12.1 Å². The van der Waals surface area contributed by atoms with Gasteiger partial charge in [-0.3, -0.25) is 9.59 Å². The molecule has 0 radical (unpaired) electrons. The van der Waals surface area contributed by atoms with Crippen LogP contribution >= 0.6 is 0 Å². The summed E-state index contributed by atoms with van der Waals surface area (Å²) in [4.78, 5) is 23.6. The third-order valence-corrected chi connectivity index (χ3v) is 3.40. The molecule has 1 heterocycles. The average Bonchev–Trinajstić information content (AvgIpc) is 2.78. The first-order valence-corrected chi connectivity index (χ1v) is 6.30. The molecule has 2 rings (SSSR count). The van der Waals surface area contributed by atoms with Gasteiger partial charge in [-0.2, -0.15) is 0 Å². The number of fused-ring (bicyclic) bond motifs is 1. The first-order valence-electron chi connectivity index (χ1n) is 6.30. The lowest BCUT2D eigenvalue weighted by Gasteiger charge is -2.16. The van der Waals surface area contributed by atoms with Crippen molar-refractivity contribution in [1.29, 1.82) is 0 Å². The predicted octanol–water partition coefficient (Wildman–Crippen LogP) is 1.49. The Labute approximate surface area is 111 Å². The van der Waals surface area contributed by atoms with E-state index in [1.165, 1.54) is 6.92 Å². The summed E-state index contributed by atoms with van der Waals surface area (Å²) in [5.41, 5.74) is 2.63. The fourth-order valence-electron chi connectivity index (χ4n) is 2.38. The number of hydrogen-bond donors (Lipinski definition) is 2. The second kappa shape index (κ2) is 5.40. The van der Waals surface area contributed by atoms with Crippen molar-refractivity contribution in [3.05, 3.63) is 29.3 Å². The van der Waals surface area contributed by atoms with Crippen molar-refractivity contribution in [2.24, 2.45) is 0 Å². The zero-order chi connectivity index (χ0) is 14.0. The summed E-state index contributed by atoms with van der Waals surface area (Å²) in [5, 5.41) is 18.5. The van der Waals surface area contributed by atoms with Crippen LogP contribution in [0.4, 0.5) is 5.69 Å². The van der Waals surface area contributed by atoms with Crippen molar-refractivity contribution in [3.8, 4) is 0 Å². The Hall–Kier alpha value is -1.88. The Balaban J connectivity index is 2.14. The quantitative estimate of drug-likeness (QED) is 0.862. The molecule has 0 saturated carbocycles. The second-order valence-electron chi connectivity index (χ2n) is 4.76. The molecule has 1 aromatic rings. The van der Waals surface area contributed by atoms with Crippen molar-refractivity contribution >= 4 is 17.6 Å². The van der Waals surface area contributed by atoms with E-state index in [0.29, 0.717) is 12.1 Å². The summed E-state index contributed by atoms with van der Waals surface area (Å²) >= 11 is 0. The van der Waals surface area contributed by atoms with Gasteiger partial charge in [0.05, 0.1) is 6.10 Å². The number of carbonyl (C=O) groups excluding carboxylic acids is 1. The topological polar surface area (TPSA) is 77.8 Å². The number of hydrogen-bond acceptors (Lipinski definition) is 3. The number of carboxylic acids is 1. The van der Waals surface area contributed by atoms with Crippen molar-refractivity contribution < 1.29 is 19.8 Å². The molecule has 0 aliphatic carbocycles. The first kappa shape index (κ1) is 13.5. The molecule has 0 saturated heterocycles. The lowest BCUT2D eigenvalue weighted by atomic mass is 10.0. The minimum atomic E-state index is -0.914. The second-order valence-corrected chi connectivity index (χ2v) is 4.76. The van der Waals surface area contributed by atoms with E-state index in [1.807, 2.05) is 12.1 Å². The van der Waals surface area contributed by atoms with Crippen LogP contribution in [0.1, 0.15) is 37.0 Å². The van der Waals surface area contributed by atoms with Gasteiger partial charge < -0.3 is 15.1 Å². The molecule has 1 amide bonds. The molecule has 0 spiro atoms. The zero-order valence-electron chi connectivity index (χ0n) is 10.8. The highest BCUT2D eigenvalue weighted by Gasteiger charge is 2.23. The van der Waals surface area contributed by atoms with Crippen molar-refractivity contribution in [2.75, 3.05) is 11.4 Å². The Morgan fingerprint density at radius 2 is 2.16 bits per heavy atom. The molecule has 1 aliphatic heterocycles. The van der Waals surface area contributed by atoms with Crippen LogP contribution in [0.2, 0.25) is 0 Å². The number of nitrogens with zero attached hydrogens (tertiary/aromatic N) is 1. The number of rotatable bonds is 4. The van der Waals surface area contributed by atoms with Crippen LogP contribution in [0.25, 0.3) is 0 Å². The van der Waals surface area contributed by atoms with Crippen LogP contribution in [-0.4, -0.2) is 28.6 Å². The van der Waals surface area contributed by atoms with Gasteiger partial charge in [-0.05, 0) is 30.0 Å². The molecule has 1 aliphatic rings. The van der Waals surface area contributed by atoms with E-state index in [0.717, 1.165) is 17.7 Å². The zero-order valence-corrected chi connectivity index (χ0v) is 10.8. The number of aliphatic hydroxyl groups is 1. The number of carbonyl (C=O) groups is 2. The SMILES string of the molecule is CC(=O)N1CCc2cc(C(O)CCC(=O)O)ccc21. The molecule has 2 N–H and O–H groups in total. The third kappa shape index (κ3) is 2.93. The summed E-state index contributed by atoms with van der Waals surface area (Å²) < 4.78 is 0. The van der Waals surface area contributed by atoms with E-state index in [1.54, 1.807) is 11.0 Å². The molecule has 19 heavy (non-hydrogen) atoms. The maximum absolute atomic E-state index is 11.4. The molecule has 1 aromatic carbocycles.